The van der Waals surface area contributed by atoms with Crippen molar-refractivity contribution in [1.82, 2.24) is 0 Å². The van der Waals surface area contributed by atoms with Crippen molar-refractivity contribution in [2.75, 3.05) is 11.5 Å². The summed E-state index contributed by atoms with van der Waals surface area (Å²) in [5.74, 6) is -0.0394. The lowest BCUT2D eigenvalue weighted by Crippen LogP contribution is -2.00. The van der Waals surface area contributed by atoms with E-state index in [1.807, 2.05) is 13.8 Å². The molecule has 0 aromatic heterocycles. The van der Waals surface area contributed by atoms with Crippen molar-refractivity contribution in [2.45, 2.75) is 20.8 Å². The molecule has 1 aromatic carbocycles. The smallest absolute Gasteiger partial charge is 0.161 e. The molecule has 3 nitrogen and oxygen atoms in total. The summed E-state index contributed by atoms with van der Waals surface area (Å²) in [5.41, 5.74) is 12.5. The maximum Gasteiger partial charge on any atom is 0.161 e. The quantitative estimate of drug-likeness (QED) is 0.513. The number of carbonyl (C=O) groups is 1. The fourth-order valence-corrected chi connectivity index (χ4v) is 0.902. The summed E-state index contributed by atoms with van der Waals surface area (Å²) in [6.45, 7) is 5.47. The zero-order valence-corrected chi connectivity index (χ0v) is 8.29. The fraction of sp³-hybridized carbons (Fsp3) is 0.300. The molecule has 3 heteroatoms. The Kier molecular flexibility index (Phi) is 4.59. The van der Waals surface area contributed by atoms with Gasteiger partial charge in [-0.1, -0.05) is 13.8 Å². The minimum Gasteiger partial charge on any atom is -0.399 e. The van der Waals surface area contributed by atoms with Crippen molar-refractivity contribution < 1.29 is 4.79 Å². The van der Waals surface area contributed by atoms with Gasteiger partial charge in [-0.05, 0) is 25.1 Å². The molecule has 0 saturated heterocycles. The number of hydrogen-bond acceptors (Lipinski definition) is 3. The van der Waals surface area contributed by atoms with Gasteiger partial charge in [0.15, 0.2) is 5.78 Å². The fourth-order valence-electron chi connectivity index (χ4n) is 0.902. The summed E-state index contributed by atoms with van der Waals surface area (Å²) in [7, 11) is 0. The van der Waals surface area contributed by atoms with Crippen molar-refractivity contribution in [3.05, 3.63) is 23.8 Å². The predicted molar refractivity (Wildman–Crippen MR) is 56.6 cm³/mol. The van der Waals surface area contributed by atoms with Crippen LogP contribution in [-0.2, 0) is 0 Å². The molecule has 0 spiro atoms. The number of hydrogen-bond donors (Lipinski definition) is 2. The summed E-state index contributed by atoms with van der Waals surface area (Å²) in [5, 5.41) is 0. The van der Waals surface area contributed by atoms with E-state index in [1.165, 1.54) is 6.92 Å². The Bertz CT molecular complexity index is 295. The van der Waals surface area contributed by atoms with Crippen molar-refractivity contribution >= 4 is 17.2 Å². The highest BCUT2D eigenvalue weighted by Crippen LogP contribution is 2.15. The van der Waals surface area contributed by atoms with E-state index in [4.69, 9.17) is 11.5 Å². The summed E-state index contributed by atoms with van der Waals surface area (Å²) >= 11 is 0. The Morgan fingerprint density at radius 1 is 1.23 bits per heavy atom. The molecule has 0 atom stereocenters. The van der Waals surface area contributed by atoms with Crippen LogP contribution in [0.3, 0.4) is 0 Å². The SMILES string of the molecule is CC.CC(=O)c1ccc(N)cc1N. The number of Topliss-reactive ketones (excluding diaryl/α,β-unsaturated/α-hetero) is 1. The molecular weight excluding hydrogens is 164 g/mol. The lowest BCUT2D eigenvalue weighted by molar-refractivity contribution is 0.101. The van der Waals surface area contributed by atoms with E-state index in [0.29, 0.717) is 16.9 Å². The Hall–Kier alpha value is -1.51. The highest BCUT2D eigenvalue weighted by Gasteiger charge is 2.02. The molecule has 0 aliphatic rings. The minimum absolute atomic E-state index is 0.0394. The largest absolute Gasteiger partial charge is 0.399 e. The highest BCUT2D eigenvalue weighted by molar-refractivity contribution is 5.99. The lowest BCUT2D eigenvalue weighted by atomic mass is 10.1. The van der Waals surface area contributed by atoms with E-state index in [-0.39, 0.29) is 5.78 Å². The first kappa shape index (κ1) is 11.5. The van der Waals surface area contributed by atoms with Crippen molar-refractivity contribution in [1.29, 1.82) is 0 Å². The molecule has 0 aliphatic carbocycles. The summed E-state index contributed by atoms with van der Waals surface area (Å²) in [4.78, 5) is 10.9. The van der Waals surface area contributed by atoms with Crippen LogP contribution in [0.1, 0.15) is 31.1 Å². The number of nitrogens with two attached hydrogens (primary N) is 2. The number of ketones is 1. The molecule has 13 heavy (non-hydrogen) atoms. The Morgan fingerprint density at radius 2 is 1.77 bits per heavy atom. The first-order valence-electron chi connectivity index (χ1n) is 4.27. The van der Waals surface area contributed by atoms with Gasteiger partial charge >= 0.3 is 0 Å². The monoisotopic (exact) mass is 180 g/mol. The molecule has 0 unspecified atom stereocenters. The second-order valence-electron chi connectivity index (χ2n) is 2.40. The molecule has 1 rings (SSSR count). The first-order valence-corrected chi connectivity index (χ1v) is 4.27. The maximum absolute atomic E-state index is 10.9. The van der Waals surface area contributed by atoms with Crippen molar-refractivity contribution in [3.63, 3.8) is 0 Å². The molecular formula is C10H16N2O. The van der Waals surface area contributed by atoms with Crippen LogP contribution in [0.15, 0.2) is 18.2 Å². The molecule has 0 bridgehead atoms. The number of benzene rings is 1. The average molecular weight is 180 g/mol. The molecule has 0 heterocycles. The second kappa shape index (κ2) is 5.19. The van der Waals surface area contributed by atoms with Crippen LogP contribution >= 0.6 is 0 Å². The molecule has 1 aromatic rings. The van der Waals surface area contributed by atoms with Crippen LogP contribution in [0.5, 0.6) is 0 Å². The number of nitrogen functional groups attached to an aromatic ring is 2. The van der Waals surface area contributed by atoms with E-state index < -0.39 is 0 Å². The third kappa shape index (κ3) is 3.15. The molecule has 4 N–H and O–H groups in total. The van der Waals surface area contributed by atoms with E-state index in [2.05, 4.69) is 0 Å². The topological polar surface area (TPSA) is 69.1 Å². The van der Waals surface area contributed by atoms with Crippen molar-refractivity contribution in [3.8, 4) is 0 Å². The zero-order chi connectivity index (χ0) is 10.4. The van der Waals surface area contributed by atoms with Gasteiger partial charge in [0.05, 0.1) is 0 Å². The summed E-state index contributed by atoms with van der Waals surface area (Å²) < 4.78 is 0. The van der Waals surface area contributed by atoms with Gasteiger partial charge in [0.25, 0.3) is 0 Å². The van der Waals surface area contributed by atoms with E-state index in [9.17, 15) is 4.79 Å². The maximum atomic E-state index is 10.9. The van der Waals surface area contributed by atoms with Crippen LogP contribution in [0, 0.1) is 0 Å². The predicted octanol–water partition coefficient (Wildman–Crippen LogP) is 2.08. The van der Waals surface area contributed by atoms with Gasteiger partial charge in [0, 0.05) is 16.9 Å². The molecule has 0 saturated carbocycles. The van der Waals surface area contributed by atoms with Crippen LogP contribution in [-0.4, -0.2) is 5.78 Å². The van der Waals surface area contributed by atoms with Crippen LogP contribution < -0.4 is 11.5 Å². The third-order valence-corrected chi connectivity index (χ3v) is 1.45. The van der Waals surface area contributed by atoms with Crippen molar-refractivity contribution in [2.24, 2.45) is 0 Å². The molecule has 0 aliphatic heterocycles. The van der Waals surface area contributed by atoms with E-state index in [1.54, 1.807) is 18.2 Å². The Balaban J connectivity index is 0.000000671. The summed E-state index contributed by atoms with van der Waals surface area (Å²) in [6, 6.07) is 4.87. The van der Waals surface area contributed by atoms with Gasteiger partial charge in [0.2, 0.25) is 0 Å². The van der Waals surface area contributed by atoms with Gasteiger partial charge in [-0.3, -0.25) is 4.79 Å². The second-order valence-corrected chi connectivity index (χ2v) is 2.40. The highest BCUT2D eigenvalue weighted by atomic mass is 16.1. The molecule has 0 amide bonds. The van der Waals surface area contributed by atoms with Gasteiger partial charge in [-0.25, -0.2) is 0 Å². The molecule has 0 radical (unpaired) electrons. The lowest BCUT2D eigenvalue weighted by Gasteiger charge is -2.01. The van der Waals surface area contributed by atoms with Crippen LogP contribution in [0.2, 0.25) is 0 Å². The normalized spacial score (nSPS) is 8.54. The van der Waals surface area contributed by atoms with Gasteiger partial charge < -0.3 is 11.5 Å². The first-order chi connectivity index (χ1) is 6.11. The minimum atomic E-state index is -0.0394. The van der Waals surface area contributed by atoms with E-state index in [0.717, 1.165) is 0 Å². The van der Waals surface area contributed by atoms with Gasteiger partial charge in [0.1, 0.15) is 0 Å². The Labute approximate surface area is 78.7 Å². The molecule has 0 fully saturated rings. The average Bonchev–Trinajstić information content (AvgIpc) is 2.07. The van der Waals surface area contributed by atoms with E-state index >= 15 is 0 Å². The number of carbonyl (C=O) groups excluding carboxylic acids is 1. The number of anilines is 2. The number of rotatable bonds is 1. The third-order valence-electron chi connectivity index (χ3n) is 1.45. The summed E-state index contributed by atoms with van der Waals surface area (Å²) in [6.07, 6.45) is 0. The zero-order valence-electron chi connectivity index (χ0n) is 8.29. The van der Waals surface area contributed by atoms with Gasteiger partial charge in [-0.15, -0.1) is 0 Å². The Morgan fingerprint density at radius 3 is 2.15 bits per heavy atom. The van der Waals surface area contributed by atoms with Crippen LogP contribution in [0.25, 0.3) is 0 Å². The van der Waals surface area contributed by atoms with Crippen LogP contribution in [0.4, 0.5) is 11.4 Å². The molecule has 72 valence electrons. The standard InChI is InChI=1S/C8H10N2O.C2H6/c1-5(11)7-3-2-6(9)4-8(7)10;1-2/h2-4H,9-10H2,1H3;1-2H3. The van der Waals surface area contributed by atoms with Gasteiger partial charge in [-0.2, -0.15) is 0 Å².